The van der Waals surface area contributed by atoms with Crippen LogP contribution in [-0.2, 0) is 0 Å². The van der Waals surface area contributed by atoms with E-state index in [4.69, 9.17) is 9.47 Å². The minimum atomic E-state index is -0.598. The first-order chi connectivity index (χ1) is 31.1. The number of rotatable bonds is 10. The highest BCUT2D eigenvalue weighted by atomic mass is 16.5. The van der Waals surface area contributed by atoms with Crippen LogP contribution < -0.4 is 20.1 Å². The van der Waals surface area contributed by atoms with Gasteiger partial charge in [-0.1, -0.05) is 72.8 Å². The number of carbonyl (C=O) groups excluding carboxylic acids is 4. The van der Waals surface area contributed by atoms with E-state index in [0.717, 1.165) is 0 Å². The van der Waals surface area contributed by atoms with Gasteiger partial charge in [-0.05, 0) is 83.6 Å². The van der Waals surface area contributed by atoms with E-state index in [1.807, 2.05) is 0 Å². The zero-order chi connectivity index (χ0) is 44.5. The van der Waals surface area contributed by atoms with E-state index >= 15 is 0 Å². The van der Waals surface area contributed by atoms with Crippen LogP contribution in [0.4, 0.5) is 34.1 Å². The third kappa shape index (κ3) is 7.40. The summed E-state index contributed by atoms with van der Waals surface area (Å²) in [7, 11) is 3.07. The summed E-state index contributed by atoms with van der Waals surface area (Å²) in [6, 6.07) is 39.6. The average Bonchev–Trinajstić information content (AvgIpc) is 3.32. The predicted octanol–water partition coefficient (Wildman–Crippen LogP) is 11.5. The Hall–Kier alpha value is -9.04. The standard InChI is InChI=1S/C50H34N6O8/c1-63-31-21-17-29(18-22-31)51-49(61)37-25-27-9-3-5-11-33(27)43(47(37)59)55-53-39-15-7-13-35-41(39)45(57)36-14-8-16-40(42(36)46(35)58)54-56-44-34-12-6-4-10-28(34)26-38(48(44)60)50(62)52-30-19-23-32(64-2)24-20-30/h3-26,59-60H,1-2H3,(H,51,61)(H,52,62). The number of hydrogen-bond acceptors (Lipinski definition) is 12. The van der Waals surface area contributed by atoms with Gasteiger partial charge >= 0.3 is 0 Å². The molecule has 1 aliphatic rings. The predicted molar refractivity (Wildman–Crippen MR) is 241 cm³/mol. The molecule has 0 heterocycles. The Kier molecular flexibility index (Phi) is 10.6. The molecule has 0 atom stereocenters. The van der Waals surface area contributed by atoms with Gasteiger partial charge in [0.05, 0.1) is 47.8 Å². The molecule has 14 nitrogen and oxygen atoms in total. The van der Waals surface area contributed by atoms with Crippen LogP contribution in [0.1, 0.15) is 52.6 Å². The Bertz CT molecular complexity index is 3070. The number of aromatic hydroxyl groups is 2. The zero-order valence-corrected chi connectivity index (χ0v) is 34.0. The topological polar surface area (TPSA) is 201 Å². The van der Waals surface area contributed by atoms with Gasteiger partial charge in [0, 0.05) is 33.3 Å². The molecule has 2 amide bonds. The summed E-state index contributed by atoms with van der Waals surface area (Å²) in [4.78, 5) is 55.7. The molecule has 0 aliphatic heterocycles. The Morgan fingerprint density at radius 3 is 1.27 bits per heavy atom. The number of phenols is 2. The molecule has 0 aromatic heterocycles. The number of benzene rings is 8. The van der Waals surface area contributed by atoms with E-state index in [9.17, 15) is 29.4 Å². The van der Waals surface area contributed by atoms with Crippen molar-refractivity contribution in [2.75, 3.05) is 24.9 Å². The van der Waals surface area contributed by atoms with Gasteiger partial charge in [-0.2, -0.15) is 0 Å². The molecule has 4 N–H and O–H groups in total. The summed E-state index contributed by atoms with van der Waals surface area (Å²) >= 11 is 0. The largest absolute Gasteiger partial charge is 0.505 e. The highest BCUT2D eigenvalue weighted by Gasteiger charge is 2.34. The molecule has 0 spiro atoms. The number of nitrogens with one attached hydrogen (secondary N) is 2. The first-order valence-electron chi connectivity index (χ1n) is 19.7. The van der Waals surface area contributed by atoms with Gasteiger partial charge in [-0.3, -0.25) is 19.2 Å². The number of nitrogens with zero attached hydrogens (tertiary/aromatic N) is 4. The summed E-state index contributed by atoms with van der Waals surface area (Å²) in [5.41, 5.74) is 0.885. The first-order valence-corrected chi connectivity index (χ1v) is 19.7. The quantitative estimate of drug-likeness (QED) is 0.0973. The molecule has 0 unspecified atom stereocenters. The molecule has 0 bridgehead atoms. The van der Waals surface area contributed by atoms with Gasteiger partial charge < -0.3 is 30.3 Å². The number of phenolic OH excluding ortho intramolecular Hbond substituents is 2. The van der Waals surface area contributed by atoms with Crippen LogP contribution in [0.3, 0.4) is 0 Å². The molecule has 312 valence electrons. The number of hydrogen-bond donors (Lipinski definition) is 4. The minimum Gasteiger partial charge on any atom is -0.505 e. The van der Waals surface area contributed by atoms with Crippen LogP contribution >= 0.6 is 0 Å². The molecule has 64 heavy (non-hydrogen) atoms. The second-order valence-corrected chi connectivity index (χ2v) is 14.5. The van der Waals surface area contributed by atoms with E-state index < -0.39 is 34.9 Å². The van der Waals surface area contributed by atoms with Gasteiger partial charge in [0.15, 0.2) is 23.1 Å². The van der Waals surface area contributed by atoms with Crippen molar-refractivity contribution in [3.05, 3.63) is 179 Å². The van der Waals surface area contributed by atoms with Crippen molar-refractivity contribution in [3.63, 3.8) is 0 Å². The van der Waals surface area contributed by atoms with Crippen LogP contribution in [0.25, 0.3) is 21.5 Å². The molecule has 0 fully saturated rings. The fourth-order valence-electron chi connectivity index (χ4n) is 7.51. The normalized spacial score (nSPS) is 12.1. The monoisotopic (exact) mass is 846 g/mol. The number of azo groups is 2. The molecule has 9 rings (SSSR count). The Morgan fingerprint density at radius 2 is 0.875 bits per heavy atom. The van der Waals surface area contributed by atoms with Crippen LogP contribution in [0.2, 0.25) is 0 Å². The summed E-state index contributed by atoms with van der Waals surface area (Å²) in [6.45, 7) is 0. The van der Waals surface area contributed by atoms with Crippen LogP contribution in [-0.4, -0.2) is 47.8 Å². The highest BCUT2D eigenvalue weighted by Crippen LogP contribution is 2.44. The van der Waals surface area contributed by atoms with E-state index in [2.05, 4.69) is 31.1 Å². The van der Waals surface area contributed by atoms with Gasteiger partial charge in [0.1, 0.15) is 22.9 Å². The fourth-order valence-corrected chi connectivity index (χ4v) is 7.51. The van der Waals surface area contributed by atoms with Crippen molar-refractivity contribution in [1.82, 2.24) is 0 Å². The van der Waals surface area contributed by atoms with E-state index in [1.54, 1.807) is 121 Å². The number of anilines is 2. The number of carbonyl (C=O) groups is 4. The van der Waals surface area contributed by atoms with Crippen molar-refractivity contribution < 1.29 is 38.9 Å². The smallest absolute Gasteiger partial charge is 0.259 e. The third-order valence-corrected chi connectivity index (χ3v) is 10.7. The maximum absolute atomic E-state index is 14.4. The van der Waals surface area contributed by atoms with Crippen molar-refractivity contribution in [2.45, 2.75) is 0 Å². The second-order valence-electron chi connectivity index (χ2n) is 14.5. The van der Waals surface area contributed by atoms with Crippen molar-refractivity contribution >= 4 is 79.1 Å². The number of ether oxygens (including phenoxy) is 2. The van der Waals surface area contributed by atoms with Crippen LogP contribution in [0.5, 0.6) is 23.0 Å². The lowest BCUT2D eigenvalue weighted by atomic mass is 9.82. The molecular weight excluding hydrogens is 813 g/mol. The highest BCUT2D eigenvalue weighted by molar-refractivity contribution is 6.31. The summed E-state index contributed by atoms with van der Waals surface area (Å²) < 4.78 is 10.4. The zero-order valence-electron chi connectivity index (χ0n) is 34.0. The second kappa shape index (κ2) is 16.8. The summed E-state index contributed by atoms with van der Waals surface area (Å²) in [5, 5.41) is 48.3. The first kappa shape index (κ1) is 40.4. The van der Waals surface area contributed by atoms with E-state index in [1.165, 1.54) is 38.5 Å². The lowest BCUT2D eigenvalue weighted by molar-refractivity contribution is 0.0980. The van der Waals surface area contributed by atoms with Gasteiger partial charge in [0.2, 0.25) is 0 Å². The Morgan fingerprint density at radius 1 is 0.484 bits per heavy atom. The van der Waals surface area contributed by atoms with Crippen molar-refractivity contribution in [3.8, 4) is 23.0 Å². The maximum atomic E-state index is 14.4. The summed E-state index contributed by atoms with van der Waals surface area (Å²) in [5.74, 6) is -1.95. The number of ketones is 2. The minimum absolute atomic E-state index is 0.0192. The van der Waals surface area contributed by atoms with Crippen LogP contribution in [0.15, 0.2) is 166 Å². The molecule has 0 radical (unpaired) electrons. The maximum Gasteiger partial charge on any atom is 0.259 e. The van der Waals surface area contributed by atoms with Crippen molar-refractivity contribution in [1.29, 1.82) is 0 Å². The molecular formula is C50H34N6O8. The number of methoxy groups -OCH3 is 2. The third-order valence-electron chi connectivity index (χ3n) is 10.7. The summed E-state index contributed by atoms with van der Waals surface area (Å²) in [6.07, 6.45) is 0. The lowest BCUT2D eigenvalue weighted by Crippen LogP contribution is -2.21. The molecule has 14 heteroatoms. The van der Waals surface area contributed by atoms with Crippen LogP contribution in [0, 0.1) is 0 Å². The van der Waals surface area contributed by atoms with Gasteiger partial charge in [-0.25, -0.2) is 0 Å². The molecule has 8 aromatic rings. The van der Waals surface area contributed by atoms with Gasteiger partial charge in [-0.15, -0.1) is 20.5 Å². The fraction of sp³-hybridized carbons (Fsp3) is 0.0400. The molecule has 0 saturated carbocycles. The number of fused-ring (bicyclic) bond motifs is 4. The molecule has 8 aromatic carbocycles. The molecule has 0 saturated heterocycles. The van der Waals surface area contributed by atoms with Gasteiger partial charge in [0.25, 0.3) is 11.8 Å². The molecule has 1 aliphatic carbocycles. The SMILES string of the molecule is COc1ccc(NC(=O)c2cc3ccccc3c(N=Nc3cccc4c3C(=O)c3cccc(N=Nc5c(O)c(C(=O)Nc6ccc(OC)cc6)cc6ccccc56)c3C4=O)c2O)cc1. The van der Waals surface area contributed by atoms with Crippen molar-refractivity contribution in [2.24, 2.45) is 20.5 Å². The Balaban J connectivity index is 1.05. The number of amides is 2. The Labute approximate surface area is 364 Å². The van der Waals surface area contributed by atoms with E-state index in [0.29, 0.717) is 44.4 Å². The lowest BCUT2D eigenvalue weighted by Gasteiger charge is -2.19. The average molecular weight is 847 g/mol. The van der Waals surface area contributed by atoms with E-state index in [-0.39, 0.29) is 56.1 Å².